The van der Waals surface area contributed by atoms with Crippen LogP contribution in [-0.2, 0) is 23.2 Å². The number of aryl methyl sites for hydroxylation is 2. The second-order valence-electron chi connectivity index (χ2n) is 6.24. The number of fused-ring (bicyclic) bond motifs is 1. The summed E-state index contributed by atoms with van der Waals surface area (Å²) in [5.41, 5.74) is 3.37. The highest BCUT2D eigenvalue weighted by atomic mass is 16.5. The summed E-state index contributed by atoms with van der Waals surface area (Å²) in [6, 6.07) is 0. The monoisotopic (exact) mass is 291 g/mol. The van der Waals surface area contributed by atoms with E-state index in [0.29, 0.717) is 12.5 Å². The van der Waals surface area contributed by atoms with Crippen molar-refractivity contribution in [3.05, 3.63) is 22.8 Å². The molecule has 0 saturated carbocycles. The Balaban J connectivity index is 2.32. The molecule has 0 spiro atoms. The molecule has 118 valence electrons. The standard InChI is InChI=1S/C17H29N3O/c1-6-17(4,21-7-2)16-19-12(3)14-10-13(11-18-5)8-9-15(14)20-16/h13,18H,6-11H2,1-5H3. The SMILES string of the molecule is CCOC(C)(CC)c1nc(C)c2c(n1)CCC(CNC)C2. The molecule has 1 aliphatic rings. The Morgan fingerprint density at radius 1 is 1.33 bits per heavy atom. The van der Waals surface area contributed by atoms with E-state index < -0.39 is 0 Å². The predicted molar refractivity (Wildman–Crippen MR) is 85.5 cm³/mol. The first-order chi connectivity index (χ1) is 10.0. The summed E-state index contributed by atoms with van der Waals surface area (Å²) in [5.74, 6) is 1.57. The number of ether oxygens (including phenoxy) is 1. The predicted octanol–water partition coefficient (Wildman–Crippen LogP) is 2.77. The van der Waals surface area contributed by atoms with Crippen LogP contribution in [0.25, 0.3) is 0 Å². The normalized spacial score (nSPS) is 20.9. The highest BCUT2D eigenvalue weighted by Gasteiger charge is 2.31. The van der Waals surface area contributed by atoms with E-state index in [4.69, 9.17) is 14.7 Å². The summed E-state index contributed by atoms with van der Waals surface area (Å²) < 4.78 is 5.94. The number of rotatable bonds is 6. The second-order valence-corrected chi connectivity index (χ2v) is 6.24. The third-order valence-electron chi connectivity index (χ3n) is 4.69. The number of nitrogens with zero attached hydrogens (tertiary/aromatic N) is 2. The molecule has 0 fully saturated rings. The van der Waals surface area contributed by atoms with Crippen molar-refractivity contribution in [3.8, 4) is 0 Å². The summed E-state index contributed by atoms with van der Waals surface area (Å²) in [7, 11) is 2.02. The maximum absolute atomic E-state index is 5.94. The summed E-state index contributed by atoms with van der Waals surface area (Å²) in [6.07, 6.45) is 4.26. The summed E-state index contributed by atoms with van der Waals surface area (Å²) in [5, 5.41) is 3.29. The van der Waals surface area contributed by atoms with Crippen LogP contribution in [-0.4, -0.2) is 30.2 Å². The lowest BCUT2D eigenvalue weighted by molar-refractivity contribution is -0.0393. The number of hydrogen-bond acceptors (Lipinski definition) is 4. The van der Waals surface area contributed by atoms with Crippen LogP contribution in [0.5, 0.6) is 0 Å². The van der Waals surface area contributed by atoms with Crippen molar-refractivity contribution in [1.29, 1.82) is 0 Å². The van der Waals surface area contributed by atoms with Crippen molar-refractivity contribution in [2.24, 2.45) is 5.92 Å². The summed E-state index contributed by atoms with van der Waals surface area (Å²) >= 11 is 0. The Kier molecular flexibility index (Phi) is 5.33. The van der Waals surface area contributed by atoms with Crippen molar-refractivity contribution >= 4 is 0 Å². The Bertz CT molecular complexity index is 489. The van der Waals surface area contributed by atoms with Crippen LogP contribution in [0.3, 0.4) is 0 Å². The molecular formula is C17H29N3O. The van der Waals surface area contributed by atoms with Gasteiger partial charge in [-0.2, -0.15) is 0 Å². The molecule has 4 nitrogen and oxygen atoms in total. The second kappa shape index (κ2) is 6.84. The van der Waals surface area contributed by atoms with Gasteiger partial charge in [-0.3, -0.25) is 0 Å². The van der Waals surface area contributed by atoms with E-state index in [2.05, 4.69) is 26.1 Å². The Morgan fingerprint density at radius 2 is 2.10 bits per heavy atom. The fraction of sp³-hybridized carbons (Fsp3) is 0.765. The van der Waals surface area contributed by atoms with Gasteiger partial charge in [0.2, 0.25) is 0 Å². The zero-order valence-electron chi connectivity index (χ0n) is 14.1. The van der Waals surface area contributed by atoms with E-state index in [1.54, 1.807) is 0 Å². The average molecular weight is 291 g/mol. The summed E-state index contributed by atoms with van der Waals surface area (Å²) in [4.78, 5) is 9.66. The van der Waals surface area contributed by atoms with Gasteiger partial charge in [-0.1, -0.05) is 6.92 Å². The molecule has 1 heterocycles. The fourth-order valence-electron chi connectivity index (χ4n) is 3.20. The van der Waals surface area contributed by atoms with Crippen LogP contribution in [0.4, 0.5) is 0 Å². The molecule has 2 unspecified atom stereocenters. The molecule has 1 aromatic rings. The van der Waals surface area contributed by atoms with Crippen molar-refractivity contribution < 1.29 is 4.74 Å². The molecule has 1 aliphatic carbocycles. The number of nitrogens with one attached hydrogen (secondary N) is 1. The van der Waals surface area contributed by atoms with Crippen LogP contribution in [0.1, 0.15) is 56.4 Å². The highest BCUT2D eigenvalue weighted by Crippen LogP contribution is 2.31. The first-order valence-corrected chi connectivity index (χ1v) is 8.19. The van der Waals surface area contributed by atoms with Crippen LogP contribution >= 0.6 is 0 Å². The minimum atomic E-state index is -0.365. The lowest BCUT2D eigenvalue weighted by Gasteiger charge is -2.30. The maximum Gasteiger partial charge on any atom is 0.160 e. The van der Waals surface area contributed by atoms with Gasteiger partial charge in [-0.25, -0.2) is 9.97 Å². The fourth-order valence-corrected chi connectivity index (χ4v) is 3.20. The Labute approximate surface area is 128 Å². The molecule has 0 amide bonds. The zero-order chi connectivity index (χ0) is 15.5. The molecule has 0 radical (unpaired) electrons. The van der Waals surface area contributed by atoms with E-state index in [9.17, 15) is 0 Å². The molecule has 2 rings (SSSR count). The van der Waals surface area contributed by atoms with E-state index in [0.717, 1.165) is 37.3 Å². The third-order valence-corrected chi connectivity index (χ3v) is 4.69. The number of aromatic nitrogens is 2. The van der Waals surface area contributed by atoms with Crippen LogP contribution in [0.15, 0.2) is 0 Å². The Hall–Kier alpha value is -1.00. The van der Waals surface area contributed by atoms with Crippen LogP contribution in [0.2, 0.25) is 0 Å². The van der Waals surface area contributed by atoms with Crippen molar-refractivity contribution in [3.63, 3.8) is 0 Å². The molecule has 0 saturated heterocycles. The van der Waals surface area contributed by atoms with Crippen LogP contribution in [0, 0.1) is 12.8 Å². The molecule has 0 bridgehead atoms. The number of hydrogen-bond donors (Lipinski definition) is 1. The largest absolute Gasteiger partial charge is 0.368 e. The molecule has 0 aromatic carbocycles. The minimum Gasteiger partial charge on any atom is -0.368 e. The first kappa shape index (κ1) is 16.4. The summed E-state index contributed by atoms with van der Waals surface area (Å²) in [6.45, 7) is 10.1. The molecule has 21 heavy (non-hydrogen) atoms. The highest BCUT2D eigenvalue weighted by molar-refractivity contribution is 5.29. The minimum absolute atomic E-state index is 0.365. The van der Waals surface area contributed by atoms with E-state index in [1.807, 2.05) is 14.0 Å². The molecule has 1 N–H and O–H groups in total. The Morgan fingerprint density at radius 3 is 2.71 bits per heavy atom. The van der Waals surface area contributed by atoms with Crippen molar-refractivity contribution in [2.45, 2.75) is 59.0 Å². The molecule has 1 aromatic heterocycles. The zero-order valence-corrected chi connectivity index (χ0v) is 14.1. The van der Waals surface area contributed by atoms with Gasteiger partial charge in [0.15, 0.2) is 5.82 Å². The van der Waals surface area contributed by atoms with Crippen molar-refractivity contribution in [1.82, 2.24) is 15.3 Å². The van der Waals surface area contributed by atoms with Crippen LogP contribution < -0.4 is 5.32 Å². The van der Waals surface area contributed by atoms with Gasteiger partial charge in [0.25, 0.3) is 0 Å². The van der Waals surface area contributed by atoms with Gasteiger partial charge < -0.3 is 10.1 Å². The van der Waals surface area contributed by atoms with Gasteiger partial charge in [0.1, 0.15) is 5.60 Å². The van der Waals surface area contributed by atoms with Gasteiger partial charge in [0, 0.05) is 18.0 Å². The maximum atomic E-state index is 5.94. The third kappa shape index (κ3) is 3.43. The van der Waals surface area contributed by atoms with Crippen molar-refractivity contribution in [2.75, 3.05) is 20.2 Å². The molecule has 4 heteroatoms. The lowest BCUT2D eigenvalue weighted by Crippen LogP contribution is -2.31. The molecule has 2 atom stereocenters. The van der Waals surface area contributed by atoms with E-state index >= 15 is 0 Å². The molecule has 0 aliphatic heterocycles. The lowest BCUT2D eigenvalue weighted by atomic mass is 9.85. The quantitative estimate of drug-likeness (QED) is 0.875. The van der Waals surface area contributed by atoms with E-state index in [-0.39, 0.29) is 5.60 Å². The van der Waals surface area contributed by atoms with Gasteiger partial charge >= 0.3 is 0 Å². The first-order valence-electron chi connectivity index (χ1n) is 8.19. The van der Waals surface area contributed by atoms with E-state index in [1.165, 1.54) is 17.7 Å². The smallest absolute Gasteiger partial charge is 0.160 e. The van der Waals surface area contributed by atoms with Gasteiger partial charge in [-0.15, -0.1) is 0 Å². The topological polar surface area (TPSA) is 47.0 Å². The molecular weight excluding hydrogens is 262 g/mol. The van der Waals surface area contributed by atoms with Gasteiger partial charge in [-0.05, 0) is 71.5 Å². The van der Waals surface area contributed by atoms with Gasteiger partial charge in [0.05, 0.1) is 0 Å². The average Bonchev–Trinajstić information content (AvgIpc) is 2.48.